The summed E-state index contributed by atoms with van der Waals surface area (Å²) < 4.78 is 5.24. The maximum Gasteiger partial charge on any atom is 0.251 e. The largest absolute Gasteiger partial charge is 0.497 e. The summed E-state index contributed by atoms with van der Waals surface area (Å²) in [7, 11) is 1.60. The predicted molar refractivity (Wildman–Crippen MR) is 96.9 cm³/mol. The van der Waals surface area contributed by atoms with Gasteiger partial charge in [-0.3, -0.25) is 9.59 Å². The lowest BCUT2D eigenvalue weighted by molar-refractivity contribution is -0.115. The third kappa shape index (κ3) is 3.33. The van der Waals surface area contributed by atoms with Crippen LogP contribution in [0.25, 0.3) is 10.9 Å². The minimum Gasteiger partial charge on any atom is -0.497 e. The number of carbonyl (C=O) groups is 2. The number of methoxy groups -OCH3 is 1. The third-order valence-electron chi connectivity index (χ3n) is 4.12. The van der Waals surface area contributed by atoms with Gasteiger partial charge < -0.3 is 20.8 Å². The molecule has 1 heterocycles. The molecule has 2 aromatic carbocycles. The van der Waals surface area contributed by atoms with Gasteiger partial charge in [-0.1, -0.05) is 12.1 Å². The Balaban J connectivity index is 1.85. The Bertz CT molecular complexity index is 960. The summed E-state index contributed by atoms with van der Waals surface area (Å²) in [5.74, 6) is -0.0643. The Hall–Kier alpha value is -3.28. The van der Waals surface area contributed by atoms with Crippen LogP contribution in [0.5, 0.6) is 5.75 Å². The second-order valence-corrected chi connectivity index (χ2v) is 5.81. The van der Waals surface area contributed by atoms with Gasteiger partial charge in [-0.15, -0.1) is 0 Å². The molecule has 2 amide bonds. The van der Waals surface area contributed by atoms with Gasteiger partial charge in [0.1, 0.15) is 5.75 Å². The molecular formula is C19H19N3O3. The molecule has 1 aromatic heterocycles. The number of carbonyl (C=O) groups excluding carboxylic acids is 2. The zero-order valence-electron chi connectivity index (χ0n) is 14.1. The van der Waals surface area contributed by atoms with Crippen LogP contribution in [0.2, 0.25) is 0 Å². The van der Waals surface area contributed by atoms with Crippen molar-refractivity contribution in [1.82, 2.24) is 4.98 Å². The molecule has 128 valence electrons. The van der Waals surface area contributed by atoms with Gasteiger partial charge in [-0.2, -0.15) is 0 Å². The van der Waals surface area contributed by atoms with Gasteiger partial charge in [0.25, 0.3) is 5.91 Å². The normalized spacial score (nSPS) is 10.6. The SMILES string of the molecule is COc1ccc2[nH]cc(CC(=O)Nc3cccc(C)c3C(N)=O)c2c1. The van der Waals surface area contributed by atoms with Crippen LogP contribution in [-0.2, 0) is 11.2 Å². The van der Waals surface area contributed by atoms with Crippen LogP contribution in [0.1, 0.15) is 21.5 Å². The molecule has 0 spiro atoms. The average molecular weight is 337 g/mol. The molecule has 0 atom stereocenters. The van der Waals surface area contributed by atoms with E-state index in [9.17, 15) is 9.59 Å². The van der Waals surface area contributed by atoms with Crippen molar-refractivity contribution in [2.75, 3.05) is 12.4 Å². The summed E-state index contributed by atoms with van der Waals surface area (Å²) >= 11 is 0. The van der Waals surface area contributed by atoms with Crippen LogP contribution in [0.4, 0.5) is 5.69 Å². The number of hydrogen-bond donors (Lipinski definition) is 3. The highest BCUT2D eigenvalue weighted by molar-refractivity contribution is 6.05. The molecule has 6 heteroatoms. The van der Waals surface area contributed by atoms with Crippen molar-refractivity contribution in [3.63, 3.8) is 0 Å². The van der Waals surface area contributed by atoms with Crippen LogP contribution >= 0.6 is 0 Å². The molecule has 0 unspecified atom stereocenters. The Morgan fingerprint density at radius 1 is 1.24 bits per heavy atom. The average Bonchev–Trinajstić information content (AvgIpc) is 2.96. The van der Waals surface area contributed by atoms with E-state index in [1.165, 1.54) is 0 Å². The molecule has 0 saturated carbocycles. The number of rotatable bonds is 5. The van der Waals surface area contributed by atoms with E-state index >= 15 is 0 Å². The number of nitrogens with one attached hydrogen (secondary N) is 2. The molecule has 4 N–H and O–H groups in total. The molecule has 0 aliphatic rings. The topological polar surface area (TPSA) is 97.2 Å². The highest BCUT2D eigenvalue weighted by atomic mass is 16.5. The van der Waals surface area contributed by atoms with Crippen molar-refractivity contribution in [3.8, 4) is 5.75 Å². The first-order chi connectivity index (χ1) is 12.0. The first kappa shape index (κ1) is 16.6. The predicted octanol–water partition coefficient (Wildman–Crippen LogP) is 2.77. The van der Waals surface area contributed by atoms with Gasteiger partial charge >= 0.3 is 0 Å². The Kier molecular flexibility index (Phi) is 4.43. The molecule has 0 fully saturated rings. The standard InChI is InChI=1S/C19H19N3O3/c1-11-4-3-5-16(18(11)19(20)24)22-17(23)8-12-10-21-15-7-6-13(25-2)9-14(12)15/h3-7,9-10,21H,8H2,1-2H3,(H2,20,24)(H,22,23). The number of fused-ring (bicyclic) bond motifs is 1. The fourth-order valence-electron chi connectivity index (χ4n) is 2.90. The van der Waals surface area contributed by atoms with Crippen molar-refractivity contribution >= 4 is 28.4 Å². The van der Waals surface area contributed by atoms with Crippen LogP contribution in [-0.4, -0.2) is 23.9 Å². The van der Waals surface area contributed by atoms with Crippen LogP contribution in [0.15, 0.2) is 42.6 Å². The Morgan fingerprint density at radius 3 is 2.76 bits per heavy atom. The van der Waals surface area contributed by atoms with Gasteiger partial charge in [-0.05, 0) is 42.3 Å². The number of aryl methyl sites for hydroxylation is 1. The summed E-state index contributed by atoms with van der Waals surface area (Å²) in [6, 6.07) is 10.9. The van der Waals surface area contributed by atoms with Crippen molar-refractivity contribution in [1.29, 1.82) is 0 Å². The fraction of sp³-hybridized carbons (Fsp3) is 0.158. The minimum atomic E-state index is -0.565. The zero-order chi connectivity index (χ0) is 18.0. The van der Waals surface area contributed by atoms with Gasteiger partial charge in [0, 0.05) is 17.1 Å². The van der Waals surface area contributed by atoms with Crippen molar-refractivity contribution < 1.29 is 14.3 Å². The zero-order valence-corrected chi connectivity index (χ0v) is 14.1. The van der Waals surface area contributed by atoms with E-state index in [0.29, 0.717) is 11.3 Å². The number of aromatic nitrogens is 1. The van der Waals surface area contributed by atoms with Crippen molar-refractivity contribution in [3.05, 3.63) is 59.3 Å². The number of amides is 2. The molecule has 0 radical (unpaired) electrons. The Labute approximate surface area is 145 Å². The molecule has 3 rings (SSSR count). The lowest BCUT2D eigenvalue weighted by Gasteiger charge is -2.11. The van der Waals surface area contributed by atoms with Crippen molar-refractivity contribution in [2.24, 2.45) is 5.73 Å². The molecule has 0 aliphatic heterocycles. The van der Waals surface area contributed by atoms with E-state index < -0.39 is 5.91 Å². The summed E-state index contributed by atoms with van der Waals surface area (Å²) in [5.41, 5.74) is 8.68. The number of ether oxygens (including phenoxy) is 1. The van der Waals surface area contributed by atoms with Crippen molar-refractivity contribution in [2.45, 2.75) is 13.3 Å². The Morgan fingerprint density at radius 2 is 2.04 bits per heavy atom. The summed E-state index contributed by atoms with van der Waals surface area (Å²) in [5, 5.41) is 3.70. The molecular weight excluding hydrogens is 318 g/mol. The number of H-pyrrole nitrogens is 1. The van der Waals surface area contributed by atoms with Crippen LogP contribution < -0.4 is 15.8 Å². The third-order valence-corrected chi connectivity index (χ3v) is 4.12. The number of benzene rings is 2. The van der Waals surface area contributed by atoms with E-state index in [1.54, 1.807) is 38.4 Å². The van der Waals surface area contributed by atoms with Gasteiger partial charge in [-0.25, -0.2) is 0 Å². The van der Waals surface area contributed by atoms with Gasteiger partial charge in [0.15, 0.2) is 0 Å². The monoisotopic (exact) mass is 337 g/mol. The molecule has 0 aliphatic carbocycles. The van der Waals surface area contributed by atoms with E-state index in [4.69, 9.17) is 10.5 Å². The maximum absolute atomic E-state index is 12.5. The van der Waals surface area contributed by atoms with Crippen LogP contribution in [0.3, 0.4) is 0 Å². The highest BCUT2D eigenvalue weighted by Crippen LogP contribution is 2.25. The lowest BCUT2D eigenvalue weighted by atomic mass is 10.1. The molecule has 25 heavy (non-hydrogen) atoms. The minimum absolute atomic E-state index is 0.166. The smallest absolute Gasteiger partial charge is 0.251 e. The van der Waals surface area contributed by atoms with Gasteiger partial charge in [0.2, 0.25) is 5.91 Å². The first-order valence-corrected chi connectivity index (χ1v) is 7.83. The van der Waals surface area contributed by atoms with E-state index in [-0.39, 0.29) is 12.3 Å². The second-order valence-electron chi connectivity index (χ2n) is 5.81. The van der Waals surface area contributed by atoms with E-state index in [0.717, 1.165) is 27.8 Å². The number of hydrogen-bond acceptors (Lipinski definition) is 3. The maximum atomic E-state index is 12.5. The molecule has 3 aromatic rings. The number of anilines is 1. The summed E-state index contributed by atoms with van der Waals surface area (Å²) in [6.07, 6.45) is 1.97. The number of primary amides is 1. The fourth-order valence-corrected chi connectivity index (χ4v) is 2.90. The van der Waals surface area contributed by atoms with Crippen LogP contribution in [0, 0.1) is 6.92 Å². The van der Waals surface area contributed by atoms with Gasteiger partial charge in [0.05, 0.1) is 24.8 Å². The molecule has 6 nitrogen and oxygen atoms in total. The lowest BCUT2D eigenvalue weighted by Crippen LogP contribution is -2.20. The first-order valence-electron chi connectivity index (χ1n) is 7.83. The quantitative estimate of drug-likeness (QED) is 0.668. The van der Waals surface area contributed by atoms with E-state index in [2.05, 4.69) is 10.3 Å². The summed E-state index contributed by atoms with van der Waals surface area (Å²) in [6.45, 7) is 1.78. The molecule has 0 bridgehead atoms. The highest BCUT2D eigenvalue weighted by Gasteiger charge is 2.15. The van der Waals surface area contributed by atoms with E-state index in [1.807, 2.05) is 18.2 Å². The summed E-state index contributed by atoms with van der Waals surface area (Å²) in [4.78, 5) is 27.2. The number of nitrogens with two attached hydrogens (primary N) is 1. The second kappa shape index (κ2) is 6.68. The molecule has 0 saturated heterocycles. The number of aromatic amines is 1.